The van der Waals surface area contributed by atoms with Crippen molar-refractivity contribution in [1.29, 1.82) is 0 Å². The third-order valence-electron chi connectivity index (χ3n) is 4.84. The van der Waals surface area contributed by atoms with Gasteiger partial charge in [0, 0.05) is 29.7 Å². The second kappa shape index (κ2) is 7.05. The molecule has 0 amide bonds. The van der Waals surface area contributed by atoms with E-state index in [4.69, 9.17) is 11.6 Å². The number of halogens is 1. The molecule has 1 unspecified atom stereocenters. The smallest absolute Gasteiger partial charge is 0.283 e. The molecular weight excluding hydrogens is 376 g/mol. The Labute approximate surface area is 167 Å². The highest BCUT2D eigenvalue weighted by molar-refractivity contribution is 6.31. The first-order valence-electron chi connectivity index (χ1n) is 8.97. The SMILES string of the molecule is CN(C)CC(O)c1nc2c(=O)n(-c3ccccc3)c3cc(Cl)ccc3c2n1C. The van der Waals surface area contributed by atoms with Crippen LogP contribution in [-0.2, 0) is 7.05 Å². The Morgan fingerprint density at radius 3 is 2.57 bits per heavy atom. The minimum Gasteiger partial charge on any atom is -0.384 e. The zero-order valence-electron chi connectivity index (χ0n) is 15.9. The van der Waals surface area contributed by atoms with Gasteiger partial charge in [0.2, 0.25) is 0 Å². The second-order valence-corrected chi connectivity index (χ2v) is 7.58. The topological polar surface area (TPSA) is 63.3 Å². The Kier molecular flexibility index (Phi) is 4.71. The third-order valence-corrected chi connectivity index (χ3v) is 5.08. The van der Waals surface area contributed by atoms with Crippen LogP contribution in [-0.4, -0.2) is 44.8 Å². The van der Waals surface area contributed by atoms with E-state index >= 15 is 0 Å². The van der Waals surface area contributed by atoms with E-state index in [0.717, 1.165) is 11.1 Å². The fourth-order valence-electron chi connectivity index (χ4n) is 3.64. The van der Waals surface area contributed by atoms with Crippen LogP contribution in [0, 0.1) is 0 Å². The Balaban J connectivity index is 2.12. The van der Waals surface area contributed by atoms with Crippen molar-refractivity contribution >= 4 is 33.5 Å². The first-order valence-corrected chi connectivity index (χ1v) is 9.35. The molecule has 2 aromatic carbocycles. The van der Waals surface area contributed by atoms with Gasteiger partial charge in [-0.25, -0.2) is 4.98 Å². The molecule has 4 rings (SSSR count). The normalized spacial score (nSPS) is 12.9. The summed E-state index contributed by atoms with van der Waals surface area (Å²) in [5.41, 5.74) is 2.22. The van der Waals surface area contributed by atoms with Crippen LogP contribution < -0.4 is 5.56 Å². The van der Waals surface area contributed by atoms with E-state index < -0.39 is 6.10 Å². The van der Waals surface area contributed by atoms with Crippen molar-refractivity contribution in [2.75, 3.05) is 20.6 Å². The third kappa shape index (κ3) is 2.99. The number of likely N-dealkylation sites (N-methyl/N-ethyl adjacent to an activating group) is 1. The highest BCUT2D eigenvalue weighted by Gasteiger charge is 2.22. The predicted molar refractivity (Wildman–Crippen MR) is 112 cm³/mol. The van der Waals surface area contributed by atoms with E-state index in [9.17, 15) is 9.90 Å². The zero-order chi connectivity index (χ0) is 20.0. The fourth-order valence-corrected chi connectivity index (χ4v) is 3.80. The minimum atomic E-state index is -0.806. The minimum absolute atomic E-state index is 0.241. The number of fused-ring (bicyclic) bond motifs is 3. The highest BCUT2D eigenvalue weighted by Crippen LogP contribution is 2.29. The Hall–Kier alpha value is -2.67. The summed E-state index contributed by atoms with van der Waals surface area (Å²) in [6.07, 6.45) is -0.806. The second-order valence-electron chi connectivity index (χ2n) is 7.14. The summed E-state index contributed by atoms with van der Waals surface area (Å²) in [5, 5.41) is 12.0. The number of rotatable bonds is 4. The molecule has 2 heterocycles. The van der Waals surface area contributed by atoms with E-state index in [1.807, 2.05) is 62.4 Å². The fraction of sp³-hybridized carbons (Fsp3) is 0.238. The summed E-state index contributed by atoms with van der Waals surface area (Å²) in [6, 6.07) is 14.9. The van der Waals surface area contributed by atoms with Gasteiger partial charge in [-0.05, 0) is 44.4 Å². The van der Waals surface area contributed by atoms with Gasteiger partial charge in [0.05, 0.1) is 11.0 Å². The van der Waals surface area contributed by atoms with E-state index in [1.165, 1.54) is 0 Å². The number of hydrogen-bond donors (Lipinski definition) is 1. The molecule has 0 spiro atoms. The largest absolute Gasteiger partial charge is 0.384 e. The molecular formula is C21H21ClN4O2. The lowest BCUT2D eigenvalue weighted by atomic mass is 10.1. The van der Waals surface area contributed by atoms with E-state index in [2.05, 4.69) is 4.98 Å². The molecule has 0 bridgehead atoms. The van der Waals surface area contributed by atoms with Gasteiger partial charge in [-0.3, -0.25) is 9.36 Å². The lowest BCUT2D eigenvalue weighted by molar-refractivity contribution is 0.128. The summed E-state index contributed by atoms with van der Waals surface area (Å²) in [4.78, 5) is 19.8. The van der Waals surface area contributed by atoms with E-state index in [1.54, 1.807) is 21.3 Å². The van der Waals surface area contributed by atoms with Gasteiger partial charge < -0.3 is 14.6 Å². The summed E-state index contributed by atoms with van der Waals surface area (Å²) in [6.45, 7) is 0.411. The number of aromatic nitrogens is 3. The maximum absolute atomic E-state index is 13.4. The van der Waals surface area contributed by atoms with Crippen molar-refractivity contribution in [3.8, 4) is 5.69 Å². The average molecular weight is 397 g/mol. The monoisotopic (exact) mass is 396 g/mol. The Bertz CT molecular complexity index is 1230. The summed E-state index contributed by atoms with van der Waals surface area (Å²) in [7, 11) is 5.58. The van der Waals surface area contributed by atoms with Crippen LogP contribution in [0.2, 0.25) is 5.02 Å². The first kappa shape index (κ1) is 18.7. The number of pyridine rings is 1. The van der Waals surface area contributed by atoms with Crippen LogP contribution in [0.3, 0.4) is 0 Å². The molecule has 0 aliphatic heterocycles. The molecule has 7 heteroatoms. The summed E-state index contributed by atoms with van der Waals surface area (Å²) >= 11 is 6.25. The molecule has 4 aromatic rings. The number of benzene rings is 2. The van der Waals surface area contributed by atoms with Crippen LogP contribution >= 0.6 is 11.6 Å². The molecule has 2 aromatic heterocycles. The van der Waals surface area contributed by atoms with Gasteiger partial charge in [-0.1, -0.05) is 29.8 Å². The van der Waals surface area contributed by atoms with Crippen LogP contribution in [0.4, 0.5) is 0 Å². The molecule has 0 saturated carbocycles. The summed E-state index contributed by atoms with van der Waals surface area (Å²) in [5.74, 6) is 0.461. The average Bonchev–Trinajstić information content (AvgIpc) is 3.00. The maximum atomic E-state index is 13.4. The number of aryl methyl sites for hydroxylation is 1. The van der Waals surface area contributed by atoms with E-state index in [-0.39, 0.29) is 5.56 Å². The van der Waals surface area contributed by atoms with Gasteiger partial charge in [-0.2, -0.15) is 0 Å². The summed E-state index contributed by atoms with van der Waals surface area (Å²) < 4.78 is 3.43. The van der Waals surface area contributed by atoms with Crippen molar-refractivity contribution in [1.82, 2.24) is 19.0 Å². The predicted octanol–water partition coefficient (Wildman–Crippen LogP) is 3.13. The highest BCUT2D eigenvalue weighted by atomic mass is 35.5. The molecule has 0 aliphatic rings. The van der Waals surface area contributed by atoms with Crippen molar-refractivity contribution in [2.24, 2.45) is 7.05 Å². The molecule has 0 radical (unpaired) electrons. The van der Waals surface area contributed by atoms with Crippen molar-refractivity contribution < 1.29 is 5.11 Å². The van der Waals surface area contributed by atoms with Crippen molar-refractivity contribution in [3.05, 3.63) is 69.7 Å². The molecule has 28 heavy (non-hydrogen) atoms. The molecule has 0 aliphatic carbocycles. The Morgan fingerprint density at radius 1 is 1.18 bits per heavy atom. The van der Waals surface area contributed by atoms with Crippen LogP contribution in [0.25, 0.3) is 27.6 Å². The van der Waals surface area contributed by atoms with Crippen LogP contribution in [0.5, 0.6) is 0 Å². The Morgan fingerprint density at radius 2 is 1.89 bits per heavy atom. The number of hydrogen-bond acceptors (Lipinski definition) is 4. The van der Waals surface area contributed by atoms with Gasteiger partial charge in [-0.15, -0.1) is 0 Å². The molecule has 0 saturated heterocycles. The molecule has 1 atom stereocenters. The maximum Gasteiger partial charge on any atom is 0.283 e. The van der Waals surface area contributed by atoms with E-state index in [0.29, 0.717) is 33.9 Å². The van der Waals surface area contributed by atoms with Crippen molar-refractivity contribution in [2.45, 2.75) is 6.10 Å². The standard InChI is InChI=1S/C21H21ClN4O2/c1-24(2)12-17(27)20-23-18-19(25(20)3)15-10-9-13(22)11-16(15)26(21(18)28)14-7-5-4-6-8-14/h4-11,17,27H,12H2,1-3H3. The first-order chi connectivity index (χ1) is 13.4. The number of aliphatic hydroxyl groups is 1. The zero-order valence-corrected chi connectivity index (χ0v) is 16.7. The van der Waals surface area contributed by atoms with Crippen LogP contribution in [0.15, 0.2) is 53.3 Å². The molecule has 144 valence electrons. The van der Waals surface area contributed by atoms with Gasteiger partial charge in [0.25, 0.3) is 5.56 Å². The number of nitrogens with zero attached hydrogens (tertiary/aromatic N) is 4. The quantitative estimate of drug-likeness (QED) is 0.575. The number of imidazole rings is 1. The van der Waals surface area contributed by atoms with Gasteiger partial charge in [0.1, 0.15) is 11.9 Å². The van der Waals surface area contributed by atoms with Gasteiger partial charge in [0.15, 0.2) is 5.52 Å². The number of aliphatic hydroxyl groups excluding tert-OH is 1. The number of para-hydroxylation sites is 1. The molecule has 1 N–H and O–H groups in total. The lowest BCUT2D eigenvalue weighted by Gasteiger charge is -2.16. The van der Waals surface area contributed by atoms with Gasteiger partial charge >= 0.3 is 0 Å². The van der Waals surface area contributed by atoms with Crippen LogP contribution in [0.1, 0.15) is 11.9 Å². The lowest BCUT2D eigenvalue weighted by Crippen LogP contribution is -2.22. The van der Waals surface area contributed by atoms with Crippen molar-refractivity contribution in [3.63, 3.8) is 0 Å². The molecule has 6 nitrogen and oxygen atoms in total. The molecule has 0 fully saturated rings.